The molecule has 0 aromatic carbocycles. The summed E-state index contributed by atoms with van der Waals surface area (Å²) in [7, 11) is 0. The Bertz CT molecular complexity index is 260. The van der Waals surface area contributed by atoms with Crippen LogP contribution in [0.3, 0.4) is 0 Å². The lowest BCUT2D eigenvalue weighted by atomic mass is 9.60. The molecule has 0 aromatic heterocycles. The van der Waals surface area contributed by atoms with E-state index in [9.17, 15) is 10.2 Å². The van der Waals surface area contributed by atoms with Crippen molar-refractivity contribution in [2.75, 3.05) is 0 Å². The summed E-state index contributed by atoms with van der Waals surface area (Å²) in [5.41, 5.74) is 0. The van der Waals surface area contributed by atoms with Crippen LogP contribution in [0.25, 0.3) is 0 Å². The first kappa shape index (κ1) is 7.24. The van der Waals surface area contributed by atoms with E-state index in [4.69, 9.17) is 0 Å². The van der Waals surface area contributed by atoms with Gasteiger partial charge in [-0.15, -0.1) is 0 Å². The predicted molar refractivity (Wildman–Crippen MR) is 49.2 cm³/mol. The van der Waals surface area contributed by atoms with Gasteiger partial charge in [-0.1, -0.05) is 0 Å². The molecule has 5 aliphatic rings. The smallest absolute Gasteiger partial charge is 0.0602 e. The van der Waals surface area contributed by atoms with Crippen LogP contribution in [0.15, 0.2) is 0 Å². The molecule has 0 saturated heterocycles. The highest BCUT2D eigenvalue weighted by molar-refractivity contribution is 5.26. The molecule has 0 amide bonds. The monoisotopic (exact) mass is 192 g/mol. The molecule has 2 nitrogen and oxygen atoms in total. The highest BCUT2D eigenvalue weighted by Gasteiger charge is 2.78. The zero-order valence-electron chi connectivity index (χ0n) is 8.08. The molecule has 6 unspecified atom stereocenters. The molecular weight excluding hydrogens is 176 g/mol. The minimum Gasteiger partial charge on any atom is -0.393 e. The Hall–Kier alpha value is -0.0800. The molecule has 0 aromatic rings. The van der Waals surface area contributed by atoms with E-state index in [1.807, 2.05) is 0 Å². The van der Waals surface area contributed by atoms with Crippen LogP contribution >= 0.6 is 0 Å². The van der Waals surface area contributed by atoms with Crippen LogP contribution in [0, 0.1) is 47.3 Å². The van der Waals surface area contributed by atoms with Crippen LogP contribution < -0.4 is 0 Å². The van der Waals surface area contributed by atoms with Crippen molar-refractivity contribution in [2.24, 2.45) is 47.3 Å². The topological polar surface area (TPSA) is 40.5 Å². The highest BCUT2D eigenvalue weighted by Crippen LogP contribution is 2.79. The van der Waals surface area contributed by atoms with Crippen LogP contribution in [0.2, 0.25) is 0 Å². The summed E-state index contributed by atoms with van der Waals surface area (Å²) < 4.78 is 0. The van der Waals surface area contributed by atoms with Crippen LogP contribution in [-0.2, 0) is 0 Å². The first-order chi connectivity index (χ1) is 6.79. The predicted octanol–water partition coefficient (Wildman–Crippen LogP) is 0.486. The van der Waals surface area contributed by atoms with Crippen molar-refractivity contribution in [3.05, 3.63) is 0 Å². The largest absolute Gasteiger partial charge is 0.393 e. The maximum absolute atomic E-state index is 10.2. The molecule has 0 radical (unpaired) electrons. The van der Waals surface area contributed by atoms with Crippen molar-refractivity contribution < 1.29 is 10.2 Å². The Morgan fingerprint density at radius 2 is 0.857 bits per heavy atom. The fraction of sp³-hybridized carbons (Fsp3) is 1.00. The van der Waals surface area contributed by atoms with E-state index in [1.54, 1.807) is 0 Å². The van der Waals surface area contributed by atoms with Gasteiger partial charge in [-0.05, 0) is 60.2 Å². The number of rotatable bonds is 0. The molecule has 5 fully saturated rings. The second-order valence-electron chi connectivity index (χ2n) is 6.42. The zero-order valence-corrected chi connectivity index (χ0v) is 8.08. The molecule has 10 atom stereocenters. The van der Waals surface area contributed by atoms with Crippen LogP contribution in [-0.4, -0.2) is 22.4 Å². The number of hydrogen-bond acceptors (Lipinski definition) is 2. The molecule has 5 aliphatic carbocycles. The number of aliphatic hydroxyl groups is 2. The lowest BCUT2D eigenvalue weighted by Crippen LogP contribution is -2.41. The summed E-state index contributed by atoms with van der Waals surface area (Å²) >= 11 is 0. The first-order valence-electron chi connectivity index (χ1n) is 6.15. The minimum atomic E-state index is -0.000000000000000222. The van der Waals surface area contributed by atoms with Crippen LogP contribution in [0.4, 0.5) is 0 Å². The van der Waals surface area contributed by atoms with E-state index in [0.717, 1.165) is 36.5 Å². The van der Waals surface area contributed by atoms with E-state index in [1.165, 1.54) is 0 Å². The van der Waals surface area contributed by atoms with Gasteiger partial charge >= 0.3 is 0 Å². The molecule has 0 aliphatic heterocycles. The molecule has 2 heteroatoms. The Kier molecular flexibility index (Phi) is 0.931. The zero-order chi connectivity index (χ0) is 9.19. The van der Waals surface area contributed by atoms with Crippen molar-refractivity contribution in [1.82, 2.24) is 0 Å². The molecule has 0 heterocycles. The normalized spacial score (nSPS) is 81.0. The summed E-state index contributed by atoms with van der Waals surface area (Å²) in [4.78, 5) is 0. The van der Waals surface area contributed by atoms with Crippen LogP contribution in [0.5, 0.6) is 0 Å². The summed E-state index contributed by atoms with van der Waals surface area (Å²) in [5, 5.41) is 20.5. The summed E-state index contributed by atoms with van der Waals surface area (Å²) in [5.74, 6) is 5.61. The van der Waals surface area contributed by atoms with Crippen LogP contribution in [0.1, 0.15) is 12.8 Å². The quantitative estimate of drug-likeness (QED) is 0.586. The van der Waals surface area contributed by atoms with E-state index < -0.39 is 0 Å². The van der Waals surface area contributed by atoms with E-state index in [2.05, 4.69) is 0 Å². The first-order valence-corrected chi connectivity index (χ1v) is 6.15. The third kappa shape index (κ3) is 0.455. The van der Waals surface area contributed by atoms with E-state index >= 15 is 0 Å². The molecular formula is C12H16O2. The molecule has 0 spiro atoms. The SMILES string of the molecule is OC1[C@@H]2C[C@H]3C4C2C2C4[C@H](C[C@@H]21)C3O. The lowest BCUT2D eigenvalue weighted by molar-refractivity contribution is 0.0202. The van der Waals surface area contributed by atoms with Gasteiger partial charge < -0.3 is 10.2 Å². The van der Waals surface area contributed by atoms with E-state index in [0.29, 0.717) is 23.7 Å². The van der Waals surface area contributed by atoms with Gasteiger partial charge in [0.15, 0.2) is 0 Å². The van der Waals surface area contributed by atoms with Crippen molar-refractivity contribution in [1.29, 1.82) is 0 Å². The highest BCUT2D eigenvalue weighted by atomic mass is 16.3. The van der Waals surface area contributed by atoms with Gasteiger partial charge in [-0.3, -0.25) is 0 Å². The maximum Gasteiger partial charge on any atom is 0.0602 e. The number of hydrogen-bond donors (Lipinski definition) is 2. The third-order valence-electron chi connectivity index (χ3n) is 6.60. The standard InChI is InChI=1S/C12H16O2/c13-11-3-1-4-8-7(3)9-5(11)2-6(10(8)9)12(4)14/h3-14H,1-2H2/t3-,4-,5-,6+,7?,8?,9?,10?,11?,12?/m0/s1. The van der Waals surface area contributed by atoms with Gasteiger partial charge in [0.05, 0.1) is 12.2 Å². The maximum atomic E-state index is 10.2. The Morgan fingerprint density at radius 1 is 0.571 bits per heavy atom. The average Bonchev–Trinajstić information content (AvgIpc) is 2.71. The molecule has 14 heavy (non-hydrogen) atoms. The lowest BCUT2D eigenvalue weighted by Gasteiger charge is -2.44. The van der Waals surface area contributed by atoms with Gasteiger partial charge in [-0.2, -0.15) is 0 Å². The van der Waals surface area contributed by atoms with Gasteiger partial charge in [0.1, 0.15) is 0 Å². The van der Waals surface area contributed by atoms with Gasteiger partial charge in [0, 0.05) is 0 Å². The average molecular weight is 192 g/mol. The molecule has 76 valence electrons. The third-order valence-corrected chi connectivity index (χ3v) is 6.60. The van der Waals surface area contributed by atoms with Crippen molar-refractivity contribution in [3.63, 3.8) is 0 Å². The fourth-order valence-corrected chi connectivity index (χ4v) is 6.52. The van der Waals surface area contributed by atoms with Gasteiger partial charge in [0.25, 0.3) is 0 Å². The number of aliphatic hydroxyl groups excluding tert-OH is 2. The van der Waals surface area contributed by atoms with Gasteiger partial charge in [-0.25, -0.2) is 0 Å². The van der Waals surface area contributed by atoms with Gasteiger partial charge in [0.2, 0.25) is 0 Å². The molecule has 2 N–H and O–H groups in total. The van der Waals surface area contributed by atoms with Crippen molar-refractivity contribution in [3.8, 4) is 0 Å². The van der Waals surface area contributed by atoms with Crippen molar-refractivity contribution in [2.45, 2.75) is 25.0 Å². The summed E-state index contributed by atoms with van der Waals surface area (Å²) in [6.07, 6.45) is 2.27. The fourth-order valence-electron chi connectivity index (χ4n) is 6.52. The minimum absolute atomic E-state index is 0.000000000000000222. The Labute approximate surface area is 83.3 Å². The Balaban J connectivity index is 1.76. The summed E-state index contributed by atoms with van der Waals surface area (Å²) in [6, 6.07) is 0. The van der Waals surface area contributed by atoms with E-state index in [-0.39, 0.29) is 12.2 Å². The summed E-state index contributed by atoms with van der Waals surface area (Å²) in [6.45, 7) is 0. The second-order valence-corrected chi connectivity index (χ2v) is 6.42. The Morgan fingerprint density at radius 3 is 1.14 bits per heavy atom. The molecule has 5 saturated carbocycles. The molecule has 0 bridgehead atoms. The van der Waals surface area contributed by atoms with Crippen molar-refractivity contribution >= 4 is 0 Å². The molecule has 5 rings (SSSR count). The second kappa shape index (κ2) is 1.80.